The summed E-state index contributed by atoms with van der Waals surface area (Å²) in [4.78, 5) is 14.0. The van der Waals surface area contributed by atoms with Crippen molar-refractivity contribution >= 4 is 29.9 Å². The first-order valence-electron chi connectivity index (χ1n) is 7.54. The van der Waals surface area contributed by atoms with Crippen LogP contribution in [-0.2, 0) is 9.53 Å². The van der Waals surface area contributed by atoms with Crippen LogP contribution in [0.1, 0.15) is 12.8 Å². The Morgan fingerprint density at radius 1 is 1.48 bits per heavy atom. The number of nitrogens with two attached hydrogens (primary N) is 1. The molecule has 1 saturated heterocycles. The van der Waals surface area contributed by atoms with Gasteiger partial charge >= 0.3 is 0 Å². The van der Waals surface area contributed by atoms with Gasteiger partial charge in [0.25, 0.3) is 0 Å². The van der Waals surface area contributed by atoms with Crippen LogP contribution in [-0.4, -0.2) is 50.3 Å². The predicted molar refractivity (Wildman–Crippen MR) is 93.4 cm³/mol. The standard InChI is InChI=1S/C16H23ClN2O3.ClH/c1-19(7-10-22-14-4-2-3-13(17)11-14)16(20)15(18)12-5-8-21-9-6-12;/h2-4,11-12,15H,5-10,18H2,1H3;1H. The van der Waals surface area contributed by atoms with Crippen LogP contribution in [0.15, 0.2) is 24.3 Å². The van der Waals surface area contributed by atoms with Gasteiger partial charge in [-0.05, 0) is 37.0 Å². The van der Waals surface area contributed by atoms with E-state index in [4.69, 9.17) is 26.8 Å². The minimum absolute atomic E-state index is 0. The number of benzene rings is 1. The lowest BCUT2D eigenvalue weighted by Gasteiger charge is -2.29. The third kappa shape index (κ3) is 6.18. The van der Waals surface area contributed by atoms with Gasteiger partial charge in [-0.2, -0.15) is 0 Å². The summed E-state index contributed by atoms with van der Waals surface area (Å²) in [5.74, 6) is 0.862. The van der Waals surface area contributed by atoms with Crippen LogP contribution < -0.4 is 10.5 Å². The number of halogens is 2. The lowest BCUT2D eigenvalue weighted by Crippen LogP contribution is -2.48. The number of rotatable bonds is 6. The third-order valence-corrected chi connectivity index (χ3v) is 4.16. The summed E-state index contributed by atoms with van der Waals surface area (Å²) >= 11 is 5.89. The van der Waals surface area contributed by atoms with Gasteiger partial charge in [-0.15, -0.1) is 12.4 Å². The van der Waals surface area contributed by atoms with Gasteiger partial charge in [0, 0.05) is 25.3 Å². The summed E-state index contributed by atoms with van der Waals surface area (Å²) in [7, 11) is 1.75. The Kier molecular flexibility index (Phi) is 8.69. The summed E-state index contributed by atoms with van der Waals surface area (Å²) in [5, 5.41) is 0.628. The van der Waals surface area contributed by atoms with Gasteiger partial charge in [-0.3, -0.25) is 4.79 Å². The third-order valence-electron chi connectivity index (χ3n) is 3.93. The maximum absolute atomic E-state index is 12.3. The zero-order valence-electron chi connectivity index (χ0n) is 13.2. The minimum atomic E-state index is -0.458. The number of nitrogens with zero attached hydrogens (tertiary/aromatic N) is 1. The molecule has 2 rings (SSSR count). The first-order valence-corrected chi connectivity index (χ1v) is 7.92. The van der Waals surface area contributed by atoms with E-state index >= 15 is 0 Å². The van der Waals surface area contributed by atoms with E-state index in [2.05, 4.69) is 0 Å². The second-order valence-electron chi connectivity index (χ2n) is 5.54. The van der Waals surface area contributed by atoms with Crippen LogP contribution in [0.3, 0.4) is 0 Å². The van der Waals surface area contributed by atoms with Crippen molar-refractivity contribution in [2.24, 2.45) is 11.7 Å². The molecular weight excluding hydrogens is 339 g/mol. The highest BCUT2D eigenvalue weighted by Crippen LogP contribution is 2.19. The molecule has 1 amide bonds. The highest BCUT2D eigenvalue weighted by atomic mass is 35.5. The quantitative estimate of drug-likeness (QED) is 0.843. The molecular formula is C16H24Cl2N2O3. The van der Waals surface area contributed by atoms with E-state index in [0.717, 1.165) is 12.8 Å². The summed E-state index contributed by atoms with van der Waals surface area (Å²) in [5.41, 5.74) is 6.09. The average Bonchev–Trinajstić information content (AvgIpc) is 2.54. The molecule has 130 valence electrons. The fraction of sp³-hybridized carbons (Fsp3) is 0.562. The topological polar surface area (TPSA) is 64.8 Å². The van der Waals surface area contributed by atoms with Crippen LogP contribution in [0.25, 0.3) is 0 Å². The van der Waals surface area contributed by atoms with Crippen LogP contribution in [0.2, 0.25) is 5.02 Å². The molecule has 5 nitrogen and oxygen atoms in total. The number of ether oxygens (including phenoxy) is 2. The molecule has 1 unspecified atom stereocenters. The lowest BCUT2D eigenvalue weighted by molar-refractivity contribution is -0.133. The molecule has 0 spiro atoms. The number of hydrogen-bond acceptors (Lipinski definition) is 4. The molecule has 1 aliphatic rings. The van der Waals surface area contributed by atoms with Crippen molar-refractivity contribution in [2.45, 2.75) is 18.9 Å². The smallest absolute Gasteiger partial charge is 0.239 e. The summed E-state index contributed by atoms with van der Waals surface area (Å²) in [6.45, 7) is 2.27. The van der Waals surface area contributed by atoms with Gasteiger partial charge in [0.2, 0.25) is 5.91 Å². The molecule has 1 aromatic rings. The van der Waals surface area contributed by atoms with Crippen molar-refractivity contribution in [3.05, 3.63) is 29.3 Å². The van der Waals surface area contributed by atoms with Crippen molar-refractivity contribution in [3.8, 4) is 5.75 Å². The van der Waals surface area contributed by atoms with Crippen LogP contribution in [0.4, 0.5) is 0 Å². The maximum Gasteiger partial charge on any atom is 0.239 e. The molecule has 1 aromatic carbocycles. The van der Waals surface area contributed by atoms with Gasteiger partial charge < -0.3 is 20.1 Å². The Morgan fingerprint density at radius 3 is 2.83 bits per heavy atom. The van der Waals surface area contributed by atoms with E-state index in [1.54, 1.807) is 24.1 Å². The second kappa shape index (κ2) is 9.98. The van der Waals surface area contributed by atoms with E-state index in [0.29, 0.717) is 37.1 Å². The van der Waals surface area contributed by atoms with Crippen molar-refractivity contribution < 1.29 is 14.3 Å². The van der Waals surface area contributed by atoms with E-state index in [1.165, 1.54) is 0 Å². The number of hydrogen-bond donors (Lipinski definition) is 1. The Hall–Kier alpha value is -1.01. The fourth-order valence-electron chi connectivity index (χ4n) is 2.50. The Balaban J connectivity index is 0.00000264. The monoisotopic (exact) mass is 362 g/mol. The van der Waals surface area contributed by atoms with Crippen LogP contribution in [0.5, 0.6) is 5.75 Å². The highest BCUT2D eigenvalue weighted by molar-refractivity contribution is 6.30. The molecule has 0 aromatic heterocycles. The first-order chi connectivity index (χ1) is 10.6. The number of likely N-dealkylation sites (N-methyl/N-ethyl adjacent to an activating group) is 1. The van der Waals surface area contributed by atoms with Gasteiger partial charge in [-0.25, -0.2) is 0 Å². The minimum Gasteiger partial charge on any atom is -0.492 e. The summed E-state index contributed by atoms with van der Waals surface area (Å²) < 4.78 is 10.9. The molecule has 2 N–H and O–H groups in total. The molecule has 0 aliphatic carbocycles. The van der Waals surface area contributed by atoms with Crippen molar-refractivity contribution in [2.75, 3.05) is 33.4 Å². The average molecular weight is 363 g/mol. The molecule has 23 heavy (non-hydrogen) atoms. The zero-order valence-corrected chi connectivity index (χ0v) is 14.8. The lowest BCUT2D eigenvalue weighted by atomic mass is 9.91. The van der Waals surface area contributed by atoms with Crippen LogP contribution in [0, 0.1) is 5.92 Å². The Bertz CT molecular complexity index is 496. The summed E-state index contributed by atoms with van der Waals surface area (Å²) in [6.07, 6.45) is 1.69. The van der Waals surface area contributed by atoms with E-state index in [9.17, 15) is 4.79 Å². The van der Waals surface area contributed by atoms with Crippen molar-refractivity contribution in [3.63, 3.8) is 0 Å². The molecule has 1 atom stereocenters. The molecule has 0 saturated carbocycles. The second-order valence-corrected chi connectivity index (χ2v) is 5.98. The first kappa shape index (κ1) is 20.0. The number of carbonyl (C=O) groups is 1. The van der Waals surface area contributed by atoms with E-state index < -0.39 is 6.04 Å². The number of amides is 1. The van der Waals surface area contributed by atoms with Gasteiger partial charge in [0.1, 0.15) is 12.4 Å². The predicted octanol–water partition coefficient (Wildman–Crippen LogP) is 2.35. The maximum atomic E-state index is 12.3. The Morgan fingerprint density at radius 2 is 2.17 bits per heavy atom. The Labute approximate surface area is 148 Å². The fourth-order valence-corrected chi connectivity index (χ4v) is 2.68. The SMILES string of the molecule is CN(CCOc1cccc(Cl)c1)C(=O)C(N)C1CCOCC1.Cl. The van der Waals surface area contributed by atoms with E-state index in [1.807, 2.05) is 12.1 Å². The largest absolute Gasteiger partial charge is 0.492 e. The van der Waals surface area contributed by atoms with E-state index in [-0.39, 0.29) is 24.2 Å². The molecule has 1 heterocycles. The highest BCUT2D eigenvalue weighted by Gasteiger charge is 2.28. The molecule has 1 fully saturated rings. The summed E-state index contributed by atoms with van der Waals surface area (Å²) in [6, 6.07) is 6.74. The zero-order chi connectivity index (χ0) is 15.9. The molecule has 1 aliphatic heterocycles. The van der Waals surface area contributed by atoms with Gasteiger partial charge in [0.15, 0.2) is 0 Å². The molecule has 0 bridgehead atoms. The number of carbonyl (C=O) groups excluding carboxylic acids is 1. The molecule has 0 radical (unpaired) electrons. The van der Waals surface area contributed by atoms with Crippen molar-refractivity contribution in [1.82, 2.24) is 4.90 Å². The van der Waals surface area contributed by atoms with Gasteiger partial charge in [0.05, 0.1) is 12.6 Å². The van der Waals surface area contributed by atoms with Crippen molar-refractivity contribution in [1.29, 1.82) is 0 Å². The normalized spacial score (nSPS) is 16.3. The van der Waals surface area contributed by atoms with Gasteiger partial charge in [-0.1, -0.05) is 17.7 Å². The molecule has 7 heteroatoms. The van der Waals surface area contributed by atoms with Crippen LogP contribution >= 0.6 is 24.0 Å².